The highest BCUT2D eigenvalue weighted by atomic mass is 32.1. The number of hydrogen-bond donors (Lipinski definition) is 0. The lowest BCUT2D eigenvalue weighted by Crippen LogP contribution is -2.35. The summed E-state index contributed by atoms with van der Waals surface area (Å²) in [5.74, 6) is -0.0242. The number of esters is 1. The molecule has 2 aliphatic rings. The summed E-state index contributed by atoms with van der Waals surface area (Å²) in [4.78, 5) is 26.6. The zero-order valence-corrected chi connectivity index (χ0v) is 19.0. The average Bonchev–Trinajstić information content (AvgIpc) is 3.34. The van der Waals surface area contributed by atoms with Gasteiger partial charge in [-0.25, -0.2) is 4.79 Å². The van der Waals surface area contributed by atoms with E-state index in [9.17, 15) is 14.9 Å². The van der Waals surface area contributed by atoms with Crippen molar-refractivity contribution in [3.63, 3.8) is 0 Å². The van der Waals surface area contributed by atoms with Gasteiger partial charge in [-0.3, -0.25) is 10.1 Å². The van der Waals surface area contributed by atoms with Crippen molar-refractivity contribution in [2.45, 2.75) is 13.2 Å². The summed E-state index contributed by atoms with van der Waals surface area (Å²) in [6.07, 6.45) is 0. The van der Waals surface area contributed by atoms with Gasteiger partial charge in [0, 0.05) is 41.9 Å². The number of nitrogens with zero attached hydrogens (tertiary/aromatic N) is 2. The molecule has 0 radical (unpaired) electrons. The normalized spacial score (nSPS) is 15.4. The van der Waals surface area contributed by atoms with Crippen LogP contribution in [0.15, 0.2) is 48.5 Å². The summed E-state index contributed by atoms with van der Waals surface area (Å²) >= 11 is 1.38. The van der Waals surface area contributed by atoms with Gasteiger partial charge in [-0.05, 0) is 11.6 Å². The molecule has 34 heavy (non-hydrogen) atoms. The molecule has 10 heteroatoms. The number of morpholine rings is 1. The average molecular weight is 483 g/mol. The van der Waals surface area contributed by atoms with E-state index in [4.69, 9.17) is 18.9 Å². The number of nitro benzene ring substituents is 1. The molecule has 0 bridgehead atoms. The Morgan fingerprint density at radius 1 is 1.12 bits per heavy atom. The van der Waals surface area contributed by atoms with E-state index in [1.54, 1.807) is 0 Å². The van der Waals surface area contributed by atoms with Gasteiger partial charge in [0.1, 0.15) is 17.2 Å². The number of non-ortho nitro benzene ring substituents is 1. The summed E-state index contributed by atoms with van der Waals surface area (Å²) in [5, 5.41) is 12.3. The predicted molar refractivity (Wildman–Crippen MR) is 125 cm³/mol. The van der Waals surface area contributed by atoms with Crippen molar-refractivity contribution in [2.24, 2.45) is 0 Å². The molecule has 1 fully saturated rings. The zero-order chi connectivity index (χ0) is 23.5. The van der Waals surface area contributed by atoms with Crippen LogP contribution in [0.25, 0.3) is 11.1 Å². The monoisotopic (exact) mass is 482 g/mol. The van der Waals surface area contributed by atoms with Crippen LogP contribution in [-0.2, 0) is 27.4 Å². The van der Waals surface area contributed by atoms with Crippen molar-refractivity contribution in [2.75, 3.05) is 38.0 Å². The van der Waals surface area contributed by atoms with Gasteiger partial charge >= 0.3 is 5.97 Å². The number of hydrogen-bond acceptors (Lipinski definition) is 9. The van der Waals surface area contributed by atoms with Gasteiger partial charge in [0.05, 0.1) is 29.7 Å². The molecule has 0 saturated carbocycles. The number of carbonyl (C=O) groups excluding carboxylic acids is 1. The highest BCUT2D eigenvalue weighted by Crippen LogP contribution is 2.40. The second-order valence-electron chi connectivity index (χ2n) is 7.83. The standard InChI is InChI=1S/C24H22N2O7S/c27-24(32-14-18-11-19(26(28)29)10-17-13-31-15-33-22(17)18)21-12-20(16-4-2-1-3-5-16)23(34-21)25-6-8-30-9-7-25/h1-5,10-12H,6-9,13-15H2. The quantitative estimate of drug-likeness (QED) is 0.290. The Bertz CT molecular complexity index is 1210. The lowest BCUT2D eigenvalue weighted by atomic mass is 10.1. The molecule has 2 aromatic carbocycles. The molecular weight excluding hydrogens is 460 g/mol. The number of ether oxygens (including phenoxy) is 4. The number of nitro groups is 1. The molecule has 0 aliphatic carbocycles. The Morgan fingerprint density at radius 3 is 2.68 bits per heavy atom. The Morgan fingerprint density at radius 2 is 1.91 bits per heavy atom. The molecule has 0 atom stereocenters. The molecule has 5 rings (SSSR count). The van der Waals surface area contributed by atoms with E-state index in [0.29, 0.717) is 35.0 Å². The molecule has 2 aliphatic heterocycles. The summed E-state index contributed by atoms with van der Waals surface area (Å²) in [6.45, 7) is 2.85. The van der Waals surface area contributed by atoms with E-state index >= 15 is 0 Å². The maximum absolute atomic E-state index is 13.0. The van der Waals surface area contributed by atoms with Crippen molar-refractivity contribution in [3.05, 3.63) is 74.6 Å². The van der Waals surface area contributed by atoms with Gasteiger partial charge in [-0.15, -0.1) is 11.3 Å². The predicted octanol–water partition coefficient (Wildman–Crippen LogP) is 4.38. The Labute approximate surface area is 199 Å². The maximum atomic E-state index is 13.0. The maximum Gasteiger partial charge on any atom is 0.348 e. The molecule has 0 unspecified atom stereocenters. The second kappa shape index (κ2) is 9.80. The number of anilines is 1. The van der Waals surface area contributed by atoms with Gasteiger partial charge in [-0.1, -0.05) is 30.3 Å². The first-order valence-electron chi connectivity index (χ1n) is 10.8. The van der Waals surface area contributed by atoms with E-state index in [0.717, 1.165) is 29.2 Å². The smallest absolute Gasteiger partial charge is 0.348 e. The summed E-state index contributed by atoms with van der Waals surface area (Å²) < 4.78 is 21.8. The SMILES string of the molecule is O=C(OCc1cc([N+](=O)[O-])cc2c1OCOC2)c1cc(-c2ccccc2)c(N2CCOCC2)s1. The lowest BCUT2D eigenvalue weighted by molar-refractivity contribution is -0.385. The van der Waals surface area contributed by atoms with Crippen molar-refractivity contribution in [1.29, 1.82) is 0 Å². The second-order valence-corrected chi connectivity index (χ2v) is 8.86. The van der Waals surface area contributed by atoms with E-state index in [1.165, 1.54) is 23.5 Å². The molecule has 1 saturated heterocycles. The van der Waals surface area contributed by atoms with Crippen LogP contribution in [0.3, 0.4) is 0 Å². The van der Waals surface area contributed by atoms with E-state index in [1.807, 2.05) is 36.4 Å². The van der Waals surface area contributed by atoms with Crippen LogP contribution in [-0.4, -0.2) is 44.0 Å². The van der Waals surface area contributed by atoms with Crippen LogP contribution in [0.2, 0.25) is 0 Å². The van der Waals surface area contributed by atoms with Crippen molar-refractivity contribution in [3.8, 4) is 16.9 Å². The molecule has 3 heterocycles. The summed E-state index contributed by atoms with van der Waals surface area (Å²) in [6, 6.07) is 14.5. The Kier molecular flexibility index (Phi) is 6.43. The van der Waals surface area contributed by atoms with Gasteiger partial charge in [0.25, 0.3) is 5.69 Å². The number of thiophene rings is 1. The molecule has 9 nitrogen and oxygen atoms in total. The van der Waals surface area contributed by atoms with Crippen LogP contribution in [0.4, 0.5) is 10.7 Å². The number of benzene rings is 2. The minimum atomic E-state index is -0.492. The highest BCUT2D eigenvalue weighted by Gasteiger charge is 2.25. The first-order chi connectivity index (χ1) is 16.6. The van der Waals surface area contributed by atoms with E-state index in [2.05, 4.69) is 4.90 Å². The summed E-state index contributed by atoms with van der Waals surface area (Å²) in [5.41, 5.74) is 2.88. The molecule has 3 aromatic rings. The fourth-order valence-corrected chi connectivity index (χ4v) is 5.14. The van der Waals surface area contributed by atoms with Crippen molar-refractivity contribution in [1.82, 2.24) is 0 Å². The fourth-order valence-electron chi connectivity index (χ4n) is 4.02. The van der Waals surface area contributed by atoms with E-state index < -0.39 is 10.9 Å². The highest BCUT2D eigenvalue weighted by molar-refractivity contribution is 7.18. The number of fused-ring (bicyclic) bond motifs is 1. The topological polar surface area (TPSA) is 100 Å². The van der Waals surface area contributed by atoms with Gasteiger partial charge in [-0.2, -0.15) is 0 Å². The van der Waals surface area contributed by atoms with E-state index in [-0.39, 0.29) is 25.7 Å². The van der Waals surface area contributed by atoms with Crippen molar-refractivity contribution >= 4 is 28.0 Å². The Balaban J connectivity index is 1.41. The molecule has 0 N–H and O–H groups in total. The molecular formula is C24H22N2O7S. The van der Waals surface area contributed by atoms with Gasteiger partial charge in [0.15, 0.2) is 6.79 Å². The third kappa shape index (κ3) is 4.60. The number of rotatable bonds is 6. The molecule has 0 amide bonds. The van der Waals surface area contributed by atoms with Crippen LogP contribution in [0.1, 0.15) is 20.8 Å². The van der Waals surface area contributed by atoms with Gasteiger partial charge in [0.2, 0.25) is 0 Å². The Hall–Kier alpha value is -3.47. The van der Waals surface area contributed by atoms with Crippen LogP contribution in [0, 0.1) is 10.1 Å². The third-order valence-electron chi connectivity index (χ3n) is 5.64. The molecule has 0 spiro atoms. The fraction of sp³-hybridized carbons (Fsp3) is 0.292. The minimum Gasteiger partial charge on any atom is -0.467 e. The van der Waals surface area contributed by atoms with Crippen molar-refractivity contribution < 1.29 is 28.7 Å². The van der Waals surface area contributed by atoms with Gasteiger partial charge < -0.3 is 23.8 Å². The molecule has 176 valence electrons. The molecule has 1 aromatic heterocycles. The van der Waals surface area contributed by atoms with Crippen LogP contribution >= 0.6 is 11.3 Å². The minimum absolute atomic E-state index is 0.0417. The zero-order valence-electron chi connectivity index (χ0n) is 18.2. The largest absolute Gasteiger partial charge is 0.467 e. The summed E-state index contributed by atoms with van der Waals surface area (Å²) in [7, 11) is 0. The lowest BCUT2D eigenvalue weighted by Gasteiger charge is -2.28. The van der Waals surface area contributed by atoms with Crippen LogP contribution < -0.4 is 9.64 Å². The first-order valence-corrected chi connectivity index (χ1v) is 11.6. The van der Waals surface area contributed by atoms with Crippen LogP contribution in [0.5, 0.6) is 5.75 Å². The number of carbonyl (C=O) groups is 1. The first kappa shape index (κ1) is 22.3. The third-order valence-corrected chi connectivity index (χ3v) is 6.81.